The number of benzene rings is 2. The predicted molar refractivity (Wildman–Crippen MR) is 98.5 cm³/mol. The number of nitrogens with one attached hydrogen (secondary N) is 1. The van der Waals surface area contributed by atoms with Gasteiger partial charge in [-0.15, -0.1) is 0 Å². The van der Waals surface area contributed by atoms with E-state index >= 15 is 0 Å². The summed E-state index contributed by atoms with van der Waals surface area (Å²) in [5, 5.41) is 10.9. The minimum atomic E-state index is -2.50. The van der Waals surface area contributed by atoms with Crippen LogP contribution in [0.5, 0.6) is 0 Å². The van der Waals surface area contributed by atoms with E-state index in [2.05, 4.69) is 35.7 Å². The first-order valence-electron chi connectivity index (χ1n) is 8.04. The molecule has 2 aromatic carbocycles. The Balaban J connectivity index is 1.60. The van der Waals surface area contributed by atoms with Crippen LogP contribution < -0.4 is 8.64 Å². The van der Waals surface area contributed by atoms with Crippen molar-refractivity contribution in [3.63, 3.8) is 0 Å². The van der Waals surface area contributed by atoms with Crippen molar-refractivity contribution in [3.8, 4) is 6.07 Å². The maximum absolute atomic E-state index is 12.3. The first-order valence-corrected chi connectivity index (χ1v) is 14.1. The molecule has 2 unspecified atom stereocenters. The Morgan fingerprint density at radius 3 is 2.56 bits per heavy atom. The van der Waals surface area contributed by atoms with Gasteiger partial charge in [0, 0.05) is 0 Å². The van der Waals surface area contributed by atoms with Gasteiger partial charge in [-0.1, -0.05) is 0 Å². The van der Waals surface area contributed by atoms with E-state index in [4.69, 9.17) is 5.26 Å². The van der Waals surface area contributed by atoms with Gasteiger partial charge < -0.3 is 0 Å². The molecular formula is C19H11InN2O2S. The summed E-state index contributed by atoms with van der Waals surface area (Å²) in [5.41, 5.74) is 4.33. The molecule has 1 N–H and O–H groups in total. The third-order valence-corrected chi connectivity index (χ3v) is 18.0. The number of carbonyl (C=O) groups excluding carboxylic acids is 2. The number of hydrogen-bond donors (Lipinski definition) is 1. The zero-order chi connectivity index (χ0) is 17.1. The van der Waals surface area contributed by atoms with E-state index in [1.165, 1.54) is 17.8 Å². The van der Waals surface area contributed by atoms with Crippen LogP contribution in [0.15, 0.2) is 42.5 Å². The fraction of sp³-hybridized carbons (Fsp3) is 0.105. The summed E-state index contributed by atoms with van der Waals surface area (Å²) >= 11 is -1.35. The van der Waals surface area contributed by atoms with Crippen molar-refractivity contribution in [3.05, 3.63) is 64.7 Å². The molecule has 25 heavy (non-hydrogen) atoms. The van der Waals surface area contributed by atoms with Crippen LogP contribution in [0.3, 0.4) is 0 Å². The van der Waals surface area contributed by atoms with Crippen LogP contribution in [0.25, 0.3) is 9.41 Å². The molecule has 2 amide bonds. The van der Waals surface area contributed by atoms with E-state index in [9.17, 15) is 9.59 Å². The first kappa shape index (κ1) is 15.3. The van der Waals surface area contributed by atoms with Gasteiger partial charge in [0.1, 0.15) is 0 Å². The van der Waals surface area contributed by atoms with Gasteiger partial charge in [0.15, 0.2) is 0 Å². The van der Waals surface area contributed by atoms with Crippen LogP contribution in [0.1, 0.15) is 25.9 Å². The number of imide groups is 1. The zero-order valence-corrected chi connectivity index (χ0v) is 17.1. The number of carbonyl (C=O) groups is 2. The predicted octanol–water partition coefficient (Wildman–Crippen LogP) is 2.34. The number of rotatable bonds is 2. The Kier molecular flexibility index (Phi) is 3.37. The SMILES string of the molecule is N#Cc1ccc([C]2=Cc3c4ccc[c]3[In]2[CH]4C2SC(=O)NC2=O)cc1. The first-order chi connectivity index (χ1) is 12.2. The van der Waals surface area contributed by atoms with E-state index in [-0.39, 0.29) is 20.1 Å². The molecule has 1 saturated heterocycles. The Hall–Kier alpha value is -1.97. The summed E-state index contributed by atoms with van der Waals surface area (Å²) in [4.78, 5) is 24.0. The summed E-state index contributed by atoms with van der Waals surface area (Å²) in [6.07, 6.45) is 2.28. The Labute approximate surface area is 156 Å². The molecule has 4 nitrogen and oxygen atoms in total. The van der Waals surface area contributed by atoms with E-state index in [0.29, 0.717) is 5.56 Å². The average Bonchev–Trinajstić information content (AvgIpc) is 3.21. The molecular weight excluding hydrogens is 435 g/mol. The Bertz CT molecular complexity index is 1020. The molecule has 0 saturated carbocycles. The Morgan fingerprint density at radius 1 is 1.12 bits per heavy atom. The molecule has 118 valence electrons. The van der Waals surface area contributed by atoms with E-state index in [1.54, 1.807) is 0 Å². The molecule has 6 heteroatoms. The summed E-state index contributed by atoms with van der Waals surface area (Å²) in [7, 11) is 0. The van der Waals surface area contributed by atoms with Gasteiger partial charge in [0.25, 0.3) is 0 Å². The summed E-state index contributed by atoms with van der Waals surface area (Å²) in [6.45, 7) is 0. The second-order valence-electron chi connectivity index (χ2n) is 6.46. The summed E-state index contributed by atoms with van der Waals surface area (Å²) < 4.78 is 3.00. The van der Waals surface area contributed by atoms with E-state index < -0.39 is 21.4 Å². The topological polar surface area (TPSA) is 70.0 Å². The summed E-state index contributed by atoms with van der Waals surface area (Å²) in [5.74, 6) is -0.142. The molecule has 4 bridgehead atoms. The van der Waals surface area contributed by atoms with Crippen LogP contribution >= 0.6 is 11.8 Å². The molecule has 3 heterocycles. The normalized spacial score (nSPS) is 22.8. The molecule has 5 rings (SSSR count). The number of thioether (sulfide) groups is 1. The van der Waals surface area contributed by atoms with Crippen molar-refractivity contribution in [1.82, 2.24) is 5.32 Å². The Morgan fingerprint density at radius 2 is 1.92 bits per heavy atom. The van der Waals surface area contributed by atoms with Gasteiger partial charge in [-0.05, 0) is 0 Å². The van der Waals surface area contributed by atoms with Crippen molar-refractivity contribution < 1.29 is 9.59 Å². The molecule has 3 aliphatic heterocycles. The second-order valence-corrected chi connectivity index (χ2v) is 15.9. The van der Waals surface area contributed by atoms with Crippen molar-refractivity contribution in [2.24, 2.45) is 0 Å². The van der Waals surface area contributed by atoms with Gasteiger partial charge >= 0.3 is 157 Å². The maximum atomic E-state index is 12.3. The molecule has 3 aliphatic rings. The quantitative estimate of drug-likeness (QED) is 0.770. The van der Waals surface area contributed by atoms with E-state index in [1.807, 2.05) is 24.3 Å². The van der Waals surface area contributed by atoms with Gasteiger partial charge in [-0.3, -0.25) is 0 Å². The monoisotopic (exact) mass is 446 g/mol. The minimum absolute atomic E-state index is 0.142. The molecule has 2 atom stereocenters. The van der Waals surface area contributed by atoms with Crippen LogP contribution in [0.4, 0.5) is 4.79 Å². The molecule has 0 radical (unpaired) electrons. The zero-order valence-electron chi connectivity index (χ0n) is 13.0. The van der Waals surface area contributed by atoms with Gasteiger partial charge in [-0.2, -0.15) is 0 Å². The van der Waals surface area contributed by atoms with Crippen LogP contribution in [0, 0.1) is 11.3 Å². The van der Waals surface area contributed by atoms with Gasteiger partial charge in [-0.25, -0.2) is 0 Å². The second kappa shape index (κ2) is 5.52. The third kappa shape index (κ3) is 2.16. The van der Waals surface area contributed by atoms with Crippen molar-refractivity contribution >= 4 is 57.1 Å². The standard InChI is InChI=1S/C19H11N2O2S.In/c20-12-14-7-5-13(6-8-14)9-10-15-3-1-2-4-16(15)11-17-18(22)21-19(23)24-17;/h1-2,4-8,10-11,17H,(H,21,22,23);. The number of nitriles is 1. The third-order valence-electron chi connectivity index (χ3n) is 5.25. The van der Waals surface area contributed by atoms with Gasteiger partial charge in [0.05, 0.1) is 0 Å². The van der Waals surface area contributed by atoms with Crippen LogP contribution in [0.2, 0.25) is 0 Å². The van der Waals surface area contributed by atoms with Gasteiger partial charge in [0.2, 0.25) is 0 Å². The fourth-order valence-corrected chi connectivity index (χ4v) is 18.5. The van der Waals surface area contributed by atoms with Crippen LogP contribution in [-0.2, 0) is 4.79 Å². The van der Waals surface area contributed by atoms with Crippen LogP contribution in [-0.4, -0.2) is 37.8 Å². The fourth-order valence-electron chi connectivity index (χ4n) is 4.25. The van der Waals surface area contributed by atoms with Crippen molar-refractivity contribution in [1.29, 1.82) is 5.26 Å². The number of amides is 2. The summed E-state index contributed by atoms with van der Waals surface area (Å²) in [6, 6.07) is 16.3. The number of nitrogens with zero attached hydrogens (tertiary/aromatic N) is 1. The molecule has 2 aromatic rings. The molecule has 0 aromatic heterocycles. The molecule has 0 aliphatic carbocycles. The average molecular weight is 446 g/mol. The van der Waals surface area contributed by atoms with Crippen molar-refractivity contribution in [2.45, 2.75) is 8.92 Å². The molecule has 0 spiro atoms. The van der Waals surface area contributed by atoms with Crippen molar-refractivity contribution in [2.75, 3.05) is 0 Å². The number of hydrogen-bond acceptors (Lipinski definition) is 4. The van der Waals surface area contributed by atoms with E-state index in [0.717, 1.165) is 17.3 Å². The molecule has 1 fully saturated rings.